The lowest BCUT2D eigenvalue weighted by Crippen LogP contribution is -2.30. The molecule has 0 aromatic heterocycles. The van der Waals surface area contributed by atoms with Gasteiger partial charge in [-0.2, -0.15) is 0 Å². The van der Waals surface area contributed by atoms with Gasteiger partial charge in [0.1, 0.15) is 13.2 Å². The maximum Gasteiger partial charge on any atom is 0.306 e. The van der Waals surface area contributed by atoms with Crippen molar-refractivity contribution in [3.05, 3.63) is 36.5 Å². The second kappa shape index (κ2) is 60.2. The van der Waals surface area contributed by atoms with Crippen molar-refractivity contribution in [3.8, 4) is 0 Å². The van der Waals surface area contributed by atoms with Crippen LogP contribution in [0.4, 0.5) is 0 Å². The molecule has 71 heavy (non-hydrogen) atoms. The molecule has 6 heteroatoms. The number of hydrogen-bond donors (Lipinski definition) is 0. The number of allylic oxidation sites excluding steroid dienone is 6. The van der Waals surface area contributed by atoms with E-state index in [1.54, 1.807) is 0 Å². The molecule has 0 aliphatic rings. The number of carbonyl (C=O) groups is 3. The van der Waals surface area contributed by atoms with Gasteiger partial charge in [0, 0.05) is 19.3 Å². The number of hydrogen-bond acceptors (Lipinski definition) is 6. The van der Waals surface area contributed by atoms with E-state index in [-0.39, 0.29) is 31.1 Å². The van der Waals surface area contributed by atoms with Crippen LogP contribution >= 0.6 is 0 Å². The van der Waals surface area contributed by atoms with Crippen molar-refractivity contribution < 1.29 is 28.6 Å². The topological polar surface area (TPSA) is 78.9 Å². The van der Waals surface area contributed by atoms with E-state index < -0.39 is 6.10 Å². The van der Waals surface area contributed by atoms with E-state index in [0.717, 1.165) is 83.5 Å². The predicted molar refractivity (Wildman–Crippen MR) is 307 cm³/mol. The average Bonchev–Trinajstić information content (AvgIpc) is 3.37. The Morgan fingerprint density at radius 2 is 0.507 bits per heavy atom. The summed E-state index contributed by atoms with van der Waals surface area (Å²) in [5, 5.41) is 0. The molecule has 0 aliphatic heterocycles. The summed E-state index contributed by atoms with van der Waals surface area (Å²) < 4.78 is 16.9. The summed E-state index contributed by atoms with van der Waals surface area (Å²) in [5.41, 5.74) is 0. The molecule has 0 saturated heterocycles. The molecule has 1 atom stereocenters. The van der Waals surface area contributed by atoms with E-state index in [2.05, 4.69) is 57.2 Å². The monoisotopic (exact) mass is 997 g/mol. The first-order valence-corrected chi connectivity index (χ1v) is 31.5. The predicted octanol–water partition coefficient (Wildman–Crippen LogP) is 21.2. The van der Waals surface area contributed by atoms with Gasteiger partial charge in [0.05, 0.1) is 0 Å². The molecule has 416 valence electrons. The number of carbonyl (C=O) groups excluding carboxylic acids is 3. The molecular weight excluding hydrogens is 877 g/mol. The van der Waals surface area contributed by atoms with Crippen molar-refractivity contribution >= 4 is 17.9 Å². The molecule has 0 amide bonds. The van der Waals surface area contributed by atoms with Gasteiger partial charge in [-0.15, -0.1) is 0 Å². The van der Waals surface area contributed by atoms with Crippen molar-refractivity contribution in [1.29, 1.82) is 0 Å². The molecule has 0 aromatic carbocycles. The van der Waals surface area contributed by atoms with Gasteiger partial charge < -0.3 is 14.2 Å². The molecule has 1 unspecified atom stereocenters. The van der Waals surface area contributed by atoms with Crippen LogP contribution < -0.4 is 0 Å². The van der Waals surface area contributed by atoms with Gasteiger partial charge in [0.25, 0.3) is 0 Å². The van der Waals surface area contributed by atoms with Crippen LogP contribution in [0.25, 0.3) is 0 Å². The summed E-state index contributed by atoms with van der Waals surface area (Å²) in [7, 11) is 0. The molecule has 0 fully saturated rings. The van der Waals surface area contributed by atoms with Crippen LogP contribution in [-0.2, 0) is 28.6 Å². The Morgan fingerprint density at radius 1 is 0.282 bits per heavy atom. The summed E-state index contributed by atoms with van der Waals surface area (Å²) in [6, 6.07) is 0. The van der Waals surface area contributed by atoms with Gasteiger partial charge in [0.15, 0.2) is 6.10 Å². The zero-order valence-corrected chi connectivity index (χ0v) is 47.8. The first-order valence-electron chi connectivity index (χ1n) is 31.5. The summed E-state index contributed by atoms with van der Waals surface area (Å²) >= 11 is 0. The Bertz CT molecular complexity index is 1190. The van der Waals surface area contributed by atoms with Gasteiger partial charge in [-0.05, 0) is 77.0 Å². The summed E-state index contributed by atoms with van der Waals surface area (Å²) in [6.07, 6.45) is 72.9. The lowest BCUT2D eigenvalue weighted by Gasteiger charge is -2.18. The quantitative estimate of drug-likeness (QED) is 0.0261. The fourth-order valence-corrected chi connectivity index (χ4v) is 9.35. The molecular formula is C65H120O6. The molecule has 0 N–H and O–H groups in total. The summed E-state index contributed by atoms with van der Waals surface area (Å²) in [5.74, 6) is -0.877. The Kier molecular flexibility index (Phi) is 58.2. The van der Waals surface area contributed by atoms with Crippen LogP contribution in [0.2, 0.25) is 0 Å². The van der Waals surface area contributed by atoms with Crippen molar-refractivity contribution in [1.82, 2.24) is 0 Å². The van der Waals surface area contributed by atoms with Crippen LogP contribution in [0.3, 0.4) is 0 Å². The molecule has 0 saturated carbocycles. The molecule has 0 aliphatic carbocycles. The van der Waals surface area contributed by atoms with E-state index in [1.807, 2.05) is 0 Å². The van der Waals surface area contributed by atoms with Gasteiger partial charge in [-0.25, -0.2) is 0 Å². The molecule has 6 nitrogen and oxygen atoms in total. The second-order valence-corrected chi connectivity index (χ2v) is 21.3. The fourth-order valence-electron chi connectivity index (χ4n) is 9.35. The SMILES string of the molecule is CCCCC/C=C\C/C=C\CCCCCCCC(=O)OCC(COC(=O)CCCCCCCCCCCCCCCCCCCCCCCC)OC(=O)CCCCCCC/C=C\CCCCCCCCC. The Labute approximate surface area is 442 Å². The molecule has 0 heterocycles. The highest BCUT2D eigenvalue weighted by Gasteiger charge is 2.19. The Morgan fingerprint density at radius 3 is 0.817 bits per heavy atom. The van der Waals surface area contributed by atoms with Crippen molar-refractivity contribution in [2.45, 2.75) is 348 Å². The van der Waals surface area contributed by atoms with Crippen molar-refractivity contribution in [2.75, 3.05) is 13.2 Å². The van der Waals surface area contributed by atoms with Crippen LogP contribution in [0.1, 0.15) is 342 Å². The minimum atomic E-state index is -0.780. The molecule has 0 spiro atoms. The van der Waals surface area contributed by atoms with Crippen LogP contribution in [-0.4, -0.2) is 37.2 Å². The lowest BCUT2D eigenvalue weighted by atomic mass is 10.0. The second-order valence-electron chi connectivity index (χ2n) is 21.3. The van der Waals surface area contributed by atoms with Crippen molar-refractivity contribution in [2.24, 2.45) is 0 Å². The first-order chi connectivity index (χ1) is 35.0. The highest BCUT2D eigenvalue weighted by molar-refractivity contribution is 5.71. The summed E-state index contributed by atoms with van der Waals surface area (Å²) in [6.45, 7) is 6.65. The normalized spacial score (nSPS) is 12.2. The molecule has 0 aromatic rings. The maximum atomic E-state index is 12.9. The third-order valence-corrected chi connectivity index (χ3v) is 14.1. The van der Waals surface area contributed by atoms with E-state index in [1.165, 1.54) is 218 Å². The van der Waals surface area contributed by atoms with Crippen LogP contribution in [0.15, 0.2) is 36.5 Å². The fraction of sp³-hybridized carbons (Fsp3) is 0.862. The van der Waals surface area contributed by atoms with E-state index >= 15 is 0 Å². The van der Waals surface area contributed by atoms with Crippen molar-refractivity contribution in [3.63, 3.8) is 0 Å². The maximum absolute atomic E-state index is 12.9. The van der Waals surface area contributed by atoms with E-state index in [0.29, 0.717) is 19.3 Å². The number of unbranched alkanes of at least 4 members (excludes halogenated alkanes) is 41. The van der Waals surface area contributed by atoms with Crippen LogP contribution in [0, 0.1) is 0 Å². The van der Waals surface area contributed by atoms with Gasteiger partial charge >= 0.3 is 17.9 Å². The third kappa shape index (κ3) is 58.4. The minimum absolute atomic E-state index is 0.0761. The van der Waals surface area contributed by atoms with Gasteiger partial charge in [0.2, 0.25) is 0 Å². The summed E-state index contributed by atoms with van der Waals surface area (Å²) in [4.78, 5) is 38.3. The largest absolute Gasteiger partial charge is 0.462 e. The number of esters is 3. The number of ether oxygens (including phenoxy) is 3. The zero-order chi connectivity index (χ0) is 51.4. The molecule has 0 bridgehead atoms. The van der Waals surface area contributed by atoms with E-state index in [9.17, 15) is 14.4 Å². The van der Waals surface area contributed by atoms with E-state index in [4.69, 9.17) is 14.2 Å². The van der Waals surface area contributed by atoms with Crippen LogP contribution in [0.5, 0.6) is 0 Å². The average molecular weight is 998 g/mol. The highest BCUT2D eigenvalue weighted by Crippen LogP contribution is 2.17. The van der Waals surface area contributed by atoms with Gasteiger partial charge in [-0.1, -0.05) is 282 Å². The lowest BCUT2D eigenvalue weighted by molar-refractivity contribution is -0.167. The minimum Gasteiger partial charge on any atom is -0.462 e. The number of rotatable bonds is 58. The Balaban J connectivity index is 4.31. The first kappa shape index (κ1) is 68.6. The highest BCUT2D eigenvalue weighted by atomic mass is 16.6. The molecule has 0 radical (unpaired) electrons. The van der Waals surface area contributed by atoms with Gasteiger partial charge in [-0.3, -0.25) is 14.4 Å². The standard InChI is InChI=1S/C65H120O6/c1-4-7-10-13-16-19-22-25-28-30-31-32-33-34-35-38-40-43-46-49-52-55-58-64(67)70-61-62(60-69-63(66)57-54-51-48-45-42-39-36-27-24-21-18-15-12-9-6-3)71-65(68)59-56-53-50-47-44-41-37-29-26-23-20-17-14-11-8-5-2/h18,21,27,29,36-37,62H,4-17,19-20,22-26,28,30-35,38-61H2,1-3H3/b21-18-,36-27-,37-29-. The smallest absolute Gasteiger partial charge is 0.306 e. The molecule has 0 rings (SSSR count). The Hall–Kier alpha value is -2.37. The zero-order valence-electron chi connectivity index (χ0n) is 47.8. The third-order valence-electron chi connectivity index (χ3n) is 14.1.